The van der Waals surface area contributed by atoms with Gasteiger partial charge in [0.25, 0.3) is 0 Å². The summed E-state index contributed by atoms with van der Waals surface area (Å²) in [4.78, 5) is 0. The van der Waals surface area contributed by atoms with Gasteiger partial charge in [0, 0.05) is 7.76 Å². The lowest BCUT2D eigenvalue weighted by Crippen LogP contribution is -2.55. The van der Waals surface area contributed by atoms with Crippen LogP contribution in [-0.4, -0.2) is 51.4 Å². The van der Waals surface area contributed by atoms with E-state index in [0.717, 1.165) is 11.1 Å². The third-order valence-electron chi connectivity index (χ3n) is 4.93. The lowest BCUT2D eigenvalue weighted by atomic mass is 9.90. The van der Waals surface area contributed by atoms with Gasteiger partial charge in [-0.3, -0.25) is 0 Å². The highest BCUT2D eigenvalue weighted by molar-refractivity contribution is 6.31. The van der Waals surface area contributed by atoms with Gasteiger partial charge in [-0.05, 0) is 41.1 Å². The van der Waals surface area contributed by atoms with E-state index in [0.29, 0.717) is 22.6 Å². The maximum absolute atomic E-state index is 10.3. The van der Waals surface area contributed by atoms with Crippen LogP contribution in [-0.2, 0) is 17.5 Å². The molecule has 27 heavy (non-hydrogen) atoms. The maximum atomic E-state index is 10.3. The van der Waals surface area contributed by atoms with E-state index >= 15 is 0 Å². The van der Waals surface area contributed by atoms with E-state index in [1.807, 2.05) is 12.1 Å². The van der Waals surface area contributed by atoms with E-state index in [9.17, 15) is 20.4 Å². The topological polar surface area (TPSA) is 90.2 Å². The third kappa shape index (κ3) is 4.35. The van der Waals surface area contributed by atoms with Gasteiger partial charge in [0.2, 0.25) is 0 Å². The lowest BCUT2D eigenvalue weighted by Gasteiger charge is -2.40. The summed E-state index contributed by atoms with van der Waals surface area (Å²) in [5, 5.41) is 40.2. The van der Waals surface area contributed by atoms with Crippen molar-refractivity contribution in [2.24, 2.45) is 0 Å². The summed E-state index contributed by atoms with van der Waals surface area (Å²) in [5.41, 5.74) is 2.87. The minimum absolute atomic E-state index is 0.483. The van der Waals surface area contributed by atoms with E-state index < -0.39 is 43.5 Å². The highest BCUT2D eigenvalue weighted by Crippen LogP contribution is 2.34. The highest BCUT2D eigenvalue weighted by atomic mass is 35.5. The van der Waals surface area contributed by atoms with Gasteiger partial charge in [0.1, 0.15) is 30.5 Å². The van der Waals surface area contributed by atoms with Gasteiger partial charge in [-0.1, -0.05) is 54.9 Å². The van der Waals surface area contributed by atoms with Crippen molar-refractivity contribution in [3.63, 3.8) is 0 Å². The minimum atomic E-state index is -1.44. The number of halogens is 1. The van der Waals surface area contributed by atoms with Gasteiger partial charge in [-0.2, -0.15) is 0 Å². The Morgan fingerprint density at radius 3 is 2.30 bits per heavy atom. The molecule has 0 aromatic heterocycles. The molecule has 1 saturated heterocycles. The molecule has 0 saturated carbocycles. The van der Waals surface area contributed by atoms with Crippen LogP contribution < -0.4 is 0 Å². The van der Waals surface area contributed by atoms with Crippen LogP contribution in [0.1, 0.15) is 38.0 Å². The van der Waals surface area contributed by atoms with Gasteiger partial charge < -0.3 is 25.2 Å². The second-order valence-corrected chi connectivity index (χ2v) is 7.13. The van der Waals surface area contributed by atoms with Crippen molar-refractivity contribution in [2.45, 2.75) is 50.2 Å². The SMILES string of the molecule is [2H]C([2H])(C)c1ccc(Cc2cc([C@@H]3O[C@H](CO)[C@@H](O)[C@H](O)[C@H]3O)ccc2Cl)cc1. The predicted octanol–water partition coefficient (Wildman–Crippen LogP) is 2.01. The summed E-state index contributed by atoms with van der Waals surface area (Å²) in [6.07, 6.45) is -7.03. The second kappa shape index (κ2) is 8.69. The largest absolute Gasteiger partial charge is 0.394 e. The second-order valence-electron chi connectivity index (χ2n) is 6.72. The Labute approximate surface area is 166 Å². The van der Waals surface area contributed by atoms with E-state index in [1.54, 1.807) is 30.3 Å². The first-order valence-electron chi connectivity index (χ1n) is 9.80. The normalized spacial score (nSPS) is 29.9. The molecule has 1 fully saturated rings. The summed E-state index contributed by atoms with van der Waals surface area (Å²) < 4.78 is 21.2. The molecule has 0 bridgehead atoms. The molecule has 5 nitrogen and oxygen atoms in total. The van der Waals surface area contributed by atoms with Crippen LogP contribution in [0.15, 0.2) is 42.5 Å². The highest BCUT2D eigenvalue weighted by Gasteiger charge is 2.43. The zero-order valence-electron chi connectivity index (χ0n) is 16.9. The monoisotopic (exact) mass is 394 g/mol. The molecular weight excluding hydrogens is 368 g/mol. The Morgan fingerprint density at radius 2 is 1.67 bits per heavy atom. The lowest BCUT2D eigenvalue weighted by molar-refractivity contribution is -0.231. The average Bonchev–Trinajstić information content (AvgIpc) is 2.68. The van der Waals surface area contributed by atoms with Crippen molar-refractivity contribution in [2.75, 3.05) is 6.61 Å². The molecule has 0 aliphatic carbocycles. The van der Waals surface area contributed by atoms with Crippen LogP contribution in [0.4, 0.5) is 0 Å². The van der Waals surface area contributed by atoms with Crippen LogP contribution in [0.25, 0.3) is 0 Å². The number of aliphatic hydroxyl groups excluding tert-OH is 4. The third-order valence-corrected chi connectivity index (χ3v) is 5.30. The molecule has 1 aliphatic heterocycles. The Morgan fingerprint density at radius 1 is 1.00 bits per heavy atom. The van der Waals surface area contributed by atoms with Gasteiger partial charge in [-0.15, -0.1) is 0 Å². The molecule has 1 heterocycles. The molecule has 0 unspecified atom stereocenters. The molecule has 3 rings (SSSR count). The van der Waals surface area contributed by atoms with Crippen molar-refractivity contribution in [1.82, 2.24) is 0 Å². The zero-order valence-corrected chi connectivity index (χ0v) is 15.7. The number of hydrogen-bond donors (Lipinski definition) is 4. The van der Waals surface area contributed by atoms with E-state index in [2.05, 4.69) is 0 Å². The Bertz CT molecular complexity index is 838. The zero-order chi connectivity index (χ0) is 21.3. The molecule has 2 aromatic carbocycles. The molecule has 0 amide bonds. The van der Waals surface area contributed by atoms with Crippen LogP contribution in [0.2, 0.25) is 5.02 Å². The van der Waals surface area contributed by atoms with E-state index in [4.69, 9.17) is 19.1 Å². The fraction of sp³-hybridized carbons (Fsp3) is 0.429. The van der Waals surface area contributed by atoms with Crippen molar-refractivity contribution < 1.29 is 27.9 Å². The number of rotatable bonds is 5. The van der Waals surface area contributed by atoms with Crippen LogP contribution in [0.3, 0.4) is 0 Å². The molecule has 4 N–H and O–H groups in total. The predicted molar refractivity (Wildman–Crippen MR) is 103 cm³/mol. The van der Waals surface area contributed by atoms with Crippen molar-refractivity contribution in [3.8, 4) is 0 Å². The van der Waals surface area contributed by atoms with Crippen LogP contribution >= 0.6 is 11.6 Å². The number of aliphatic hydroxyl groups is 4. The molecule has 1 aliphatic rings. The fourth-order valence-electron chi connectivity index (χ4n) is 3.29. The first-order chi connectivity index (χ1) is 13.6. The van der Waals surface area contributed by atoms with Crippen LogP contribution in [0, 0.1) is 0 Å². The quantitative estimate of drug-likeness (QED) is 0.623. The molecule has 5 atom stereocenters. The van der Waals surface area contributed by atoms with Gasteiger partial charge in [-0.25, -0.2) is 0 Å². The Kier molecular flexibility index (Phi) is 5.67. The Balaban J connectivity index is 1.84. The molecule has 146 valence electrons. The number of hydrogen-bond acceptors (Lipinski definition) is 5. The fourth-order valence-corrected chi connectivity index (χ4v) is 3.48. The van der Waals surface area contributed by atoms with Gasteiger partial charge in [0.05, 0.1) is 6.61 Å². The average molecular weight is 395 g/mol. The molecule has 6 heteroatoms. The smallest absolute Gasteiger partial charge is 0.113 e. The first kappa shape index (κ1) is 17.6. The summed E-state index contributed by atoms with van der Waals surface area (Å²) in [6.45, 7) is 1.02. The van der Waals surface area contributed by atoms with Crippen molar-refractivity contribution >= 4 is 11.6 Å². The molecule has 0 spiro atoms. The number of ether oxygens (including phenoxy) is 1. The minimum Gasteiger partial charge on any atom is -0.394 e. The maximum Gasteiger partial charge on any atom is 0.113 e. The molecular formula is C21H25ClO5. The summed E-state index contributed by atoms with van der Waals surface area (Å²) in [6, 6.07) is 12.3. The van der Waals surface area contributed by atoms with Crippen molar-refractivity contribution in [3.05, 3.63) is 69.7 Å². The van der Waals surface area contributed by atoms with E-state index in [1.165, 1.54) is 6.92 Å². The summed E-state index contributed by atoms with van der Waals surface area (Å²) in [5.74, 6) is 0. The van der Waals surface area contributed by atoms with Gasteiger partial charge in [0.15, 0.2) is 0 Å². The number of benzene rings is 2. The first-order valence-corrected chi connectivity index (χ1v) is 9.18. The van der Waals surface area contributed by atoms with Crippen LogP contribution in [0.5, 0.6) is 0 Å². The van der Waals surface area contributed by atoms with Gasteiger partial charge >= 0.3 is 0 Å². The van der Waals surface area contributed by atoms with E-state index in [-0.39, 0.29) is 0 Å². The standard InChI is InChI=1S/C21H25ClO5/c1-2-12-3-5-13(6-4-12)9-15-10-14(7-8-16(15)22)21-20(26)19(25)18(24)17(11-23)27-21/h3-8,10,17-21,23-26H,2,9,11H2,1H3/t17-,18-,19+,20-,21+/m1/s1/i2D2. The number of aryl methyl sites for hydroxylation is 1. The van der Waals surface area contributed by atoms with Crippen molar-refractivity contribution in [1.29, 1.82) is 0 Å². The Hall–Kier alpha value is -1.47. The summed E-state index contributed by atoms with van der Waals surface area (Å²) >= 11 is 6.34. The summed E-state index contributed by atoms with van der Waals surface area (Å²) in [7, 11) is 0. The molecule has 0 radical (unpaired) electrons. The molecule has 2 aromatic rings.